The molecule has 0 saturated carbocycles. The molecule has 0 aliphatic carbocycles. The van der Waals surface area contributed by atoms with Crippen LogP contribution in [0.15, 0.2) is 54.0 Å². The number of nitrogens with zero attached hydrogens (tertiary/aromatic N) is 2. The van der Waals surface area contributed by atoms with Crippen LogP contribution in [0.2, 0.25) is 0 Å². The third kappa shape index (κ3) is 3.11. The van der Waals surface area contributed by atoms with Crippen LogP contribution in [0.3, 0.4) is 0 Å². The SMILES string of the molecule is C=CC=Nc1c(C)ccc(C=C)c1N=CC=C. The van der Waals surface area contributed by atoms with Crippen LogP contribution in [-0.2, 0) is 0 Å². The fourth-order valence-electron chi connectivity index (χ4n) is 1.41. The molecule has 0 aliphatic heterocycles. The van der Waals surface area contributed by atoms with Gasteiger partial charge >= 0.3 is 0 Å². The van der Waals surface area contributed by atoms with Crippen LogP contribution in [0.5, 0.6) is 0 Å². The van der Waals surface area contributed by atoms with Crippen LogP contribution in [-0.4, -0.2) is 12.4 Å². The van der Waals surface area contributed by atoms with E-state index in [2.05, 4.69) is 29.7 Å². The van der Waals surface area contributed by atoms with Gasteiger partial charge in [0, 0.05) is 18.0 Å². The molecule has 17 heavy (non-hydrogen) atoms. The monoisotopic (exact) mass is 224 g/mol. The lowest BCUT2D eigenvalue weighted by molar-refractivity contribution is 1.37. The summed E-state index contributed by atoms with van der Waals surface area (Å²) in [6.45, 7) is 13.0. The third-order valence-corrected chi connectivity index (χ3v) is 2.22. The van der Waals surface area contributed by atoms with Crippen molar-refractivity contribution in [2.75, 3.05) is 0 Å². The lowest BCUT2D eigenvalue weighted by atomic mass is 10.1. The molecule has 1 rings (SSSR count). The van der Waals surface area contributed by atoms with Gasteiger partial charge in [0.2, 0.25) is 0 Å². The molecule has 0 N–H and O–H groups in total. The summed E-state index contributed by atoms with van der Waals surface area (Å²) in [6.07, 6.45) is 8.34. The van der Waals surface area contributed by atoms with Crippen molar-refractivity contribution >= 4 is 29.9 Å². The molecule has 0 radical (unpaired) electrons. The Kier molecular flexibility index (Phi) is 4.82. The highest BCUT2D eigenvalue weighted by Gasteiger charge is 2.06. The molecule has 1 aromatic rings. The van der Waals surface area contributed by atoms with Gasteiger partial charge in [-0.15, -0.1) is 0 Å². The molecule has 0 bridgehead atoms. The summed E-state index contributed by atoms with van der Waals surface area (Å²) in [4.78, 5) is 8.69. The molecule has 0 atom stereocenters. The average molecular weight is 224 g/mol. The molecule has 0 fully saturated rings. The van der Waals surface area contributed by atoms with E-state index in [0.717, 1.165) is 22.5 Å². The minimum Gasteiger partial charge on any atom is -0.254 e. The number of aliphatic imine (C=N–C) groups is 2. The number of hydrogen-bond acceptors (Lipinski definition) is 2. The number of benzene rings is 1. The summed E-state index contributed by atoms with van der Waals surface area (Å²) >= 11 is 0. The highest BCUT2D eigenvalue weighted by Crippen LogP contribution is 2.35. The molecule has 2 heteroatoms. The summed E-state index contributed by atoms with van der Waals surface area (Å²) in [7, 11) is 0. The Hall–Kier alpha value is -2.22. The Balaban J connectivity index is 3.45. The second-order valence-electron chi connectivity index (χ2n) is 3.40. The van der Waals surface area contributed by atoms with E-state index >= 15 is 0 Å². The Bertz CT molecular complexity index is 494. The zero-order chi connectivity index (χ0) is 12.7. The molecule has 2 nitrogen and oxygen atoms in total. The number of hydrogen-bond donors (Lipinski definition) is 0. The lowest BCUT2D eigenvalue weighted by Gasteiger charge is -2.07. The average Bonchev–Trinajstić information content (AvgIpc) is 2.35. The predicted octanol–water partition coefficient (Wildman–Crippen LogP) is 4.41. The van der Waals surface area contributed by atoms with Gasteiger partial charge in [0.15, 0.2) is 0 Å². The summed E-state index contributed by atoms with van der Waals surface area (Å²) in [5, 5.41) is 0. The molecular weight excluding hydrogens is 208 g/mol. The van der Waals surface area contributed by atoms with Crippen LogP contribution in [0.4, 0.5) is 11.4 Å². The molecule has 0 spiro atoms. The molecule has 0 aromatic heterocycles. The van der Waals surface area contributed by atoms with Gasteiger partial charge in [-0.1, -0.05) is 50.1 Å². The van der Waals surface area contributed by atoms with Gasteiger partial charge < -0.3 is 0 Å². The Morgan fingerprint density at radius 2 is 1.53 bits per heavy atom. The molecular formula is C15H16N2. The van der Waals surface area contributed by atoms with Gasteiger partial charge in [0.05, 0.1) is 11.4 Å². The smallest absolute Gasteiger partial charge is 0.0960 e. The van der Waals surface area contributed by atoms with Gasteiger partial charge in [0.25, 0.3) is 0 Å². The van der Waals surface area contributed by atoms with E-state index in [0.29, 0.717) is 0 Å². The van der Waals surface area contributed by atoms with Gasteiger partial charge in [0.1, 0.15) is 0 Å². The maximum absolute atomic E-state index is 4.35. The van der Waals surface area contributed by atoms with Gasteiger partial charge in [-0.2, -0.15) is 0 Å². The second-order valence-corrected chi connectivity index (χ2v) is 3.40. The number of allylic oxidation sites excluding steroid dienone is 2. The Morgan fingerprint density at radius 1 is 0.941 bits per heavy atom. The van der Waals surface area contributed by atoms with E-state index in [9.17, 15) is 0 Å². The molecule has 0 aliphatic rings. The first-order valence-corrected chi connectivity index (χ1v) is 5.30. The van der Waals surface area contributed by atoms with Crippen molar-refractivity contribution in [1.82, 2.24) is 0 Å². The van der Waals surface area contributed by atoms with Crippen LogP contribution in [0, 0.1) is 6.92 Å². The van der Waals surface area contributed by atoms with E-state index in [1.807, 2.05) is 19.1 Å². The topological polar surface area (TPSA) is 24.7 Å². The highest BCUT2D eigenvalue weighted by molar-refractivity contribution is 5.86. The minimum absolute atomic E-state index is 0.804. The maximum Gasteiger partial charge on any atom is 0.0960 e. The first kappa shape index (κ1) is 12.8. The van der Waals surface area contributed by atoms with Gasteiger partial charge in [-0.05, 0) is 12.5 Å². The van der Waals surface area contributed by atoms with Crippen molar-refractivity contribution in [2.45, 2.75) is 6.92 Å². The second kappa shape index (κ2) is 6.38. The Labute approximate surface area is 102 Å². The summed E-state index contributed by atoms with van der Waals surface area (Å²) in [5.74, 6) is 0. The standard InChI is InChI=1S/C15H16N2/c1-5-10-16-14-12(4)8-9-13(7-3)15(14)17-11-6-2/h5-11H,1-3H2,4H3. The quantitative estimate of drug-likeness (QED) is 0.662. The largest absolute Gasteiger partial charge is 0.254 e. The molecule has 0 saturated heterocycles. The zero-order valence-electron chi connectivity index (χ0n) is 10.1. The van der Waals surface area contributed by atoms with Gasteiger partial charge in [-0.25, -0.2) is 0 Å². The van der Waals surface area contributed by atoms with Crippen molar-refractivity contribution < 1.29 is 0 Å². The van der Waals surface area contributed by atoms with Crippen molar-refractivity contribution in [3.63, 3.8) is 0 Å². The van der Waals surface area contributed by atoms with Crippen molar-refractivity contribution in [3.8, 4) is 0 Å². The lowest BCUT2D eigenvalue weighted by Crippen LogP contribution is -1.82. The first-order chi connectivity index (χ1) is 8.24. The number of aryl methyl sites for hydroxylation is 1. The van der Waals surface area contributed by atoms with E-state index in [4.69, 9.17) is 0 Å². The molecule has 0 unspecified atom stereocenters. The maximum atomic E-state index is 4.35. The predicted molar refractivity (Wildman–Crippen MR) is 78.0 cm³/mol. The zero-order valence-corrected chi connectivity index (χ0v) is 10.1. The third-order valence-electron chi connectivity index (χ3n) is 2.22. The van der Waals surface area contributed by atoms with Gasteiger partial charge in [-0.3, -0.25) is 9.98 Å². The summed E-state index contributed by atoms with van der Waals surface area (Å²) in [6, 6.07) is 3.98. The van der Waals surface area contributed by atoms with E-state index in [1.54, 1.807) is 30.7 Å². The first-order valence-electron chi connectivity index (χ1n) is 5.30. The molecule has 0 amide bonds. The van der Waals surface area contributed by atoms with E-state index < -0.39 is 0 Å². The molecule has 1 aromatic carbocycles. The minimum atomic E-state index is 0.804. The molecule has 86 valence electrons. The van der Waals surface area contributed by atoms with E-state index in [-0.39, 0.29) is 0 Å². The summed E-state index contributed by atoms with van der Waals surface area (Å²) in [5.41, 5.74) is 3.65. The highest BCUT2D eigenvalue weighted by atomic mass is 14.8. The normalized spacial score (nSPS) is 10.9. The summed E-state index contributed by atoms with van der Waals surface area (Å²) < 4.78 is 0. The van der Waals surface area contributed by atoms with Crippen LogP contribution in [0.25, 0.3) is 6.08 Å². The van der Waals surface area contributed by atoms with Crippen molar-refractivity contribution in [3.05, 3.63) is 55.1 Å². The van der Waals surface area contributed by atoms with Crippen LogP contribution < -0.4 is 0 Å². The molecule has 0 heterocycles. The van der Waals surface area contributed by atoms with E-state index in [1.165, 1.54) is 0 Å². The van der Waals surface area contributed by atoms with Crippen molar-refractivity contribution in [1.29, 1.82) is 0 Å². The number of rotatable bonds is 5. The Morgan fingerprint density at radius 3 is 2.06 bits per heavy atom. The van der Waals surface area contributed by atoms with Crippen LogP contribution in [0.1, 0.15) is 11.1 Å². The van der Waals surface area contributed by atoms with Crippen molar-refractivity contribution in [2.24, 2.45) is 9.98 Å². The fraction of sp³-hybridized carbons (Fsp3) is 0.0667. The fourth-order valence-corrected chi connectivity index (χ4v) is 1.41. The van der Waals surface area contributed by atoms with Crippen LogP contribution >= 0.6 is 0 Å².